The van der Waals surface area contributed by atoms with E-state index >= 15 is 0 Å². The Hall–Kier alpha value is -0.720. The van der Waals surface area contributed by atoms with Gasteiger partial charge in [0.1, 0.15) is 5.82 Å². The van der Waals surface area contributed by atoms with E-state index in [1.807, 2.05) is 17.7 Å². The monoisotopic (exact) mass is 417 g/mol. The highest BCUT2D eigenvalue weighted by Gasteiger charge is 2.23. The zero-order valence-electron chi connectivity index (χ0n) is 12.0. The van der Waals surface area contributed by atoms with Crippen molar-refractivity contribution < 1.29 is 4.39 Å². The summed E-state index contributed by atoms with van der Waals surface area (Å²) in [7, 11) is 0. The minimum Gasteiger partial charge on any atom is -0.305 e. The van der Waals surface area contributed by atoms with Gasteiger partial charge in [-0.1, -0.05) is 22.9 Å². The van der Waals surface area contributed by atoms with Crippen molar-refractivity contribution in [2.75, 3.05) is 6.54 Å². The van der Waals surface area contributed by atoms with Gasteiger partial charge in [0.15, 0.2) is 0 Å². The van der Waals surface area contributed by atoms with Crippen LogP contribution in [0.2, 0.25) is 0 Å². The molecule has 0 spiro atoms. The summed E-state index contributed by atoms with van der Waals surface area (Å²) < 4.78 is 17.9. The molecule has 2 rings (SSSR count). The van der Waals surface area contributed by atoms with Crippen molar-refractivity contribution >= 4 is 31.9 Å². The molecule has 6 heteroatoms. The maximum atomic E-state index is 14.3. The fourth-order valence-electron chi connectivity index (χ4n) is 2.29. The van der Waals surface area contributed by atoms with Crippen LogP contribution < -0.4 is 5.32 Å². The van der Waals surface area contributed by atoms with Crippen LogP contribution in [0.4, 0.5) is 4.39 Å². The predicted octanol–water partition coefficient (Wildman–Crippen LogP) is 4.66. The van der Waals surface area contributed by atoms with Gasteiger partial charge < -0.3 is 5.32 Å². The smallest absolute Gasteiger partial charge is 0.128 e. The van der Waals surface area contributed by atoms with Gasteiger partial charge in [-0.25, -0.2) is 4.39 Å². The van der Waals surface area contributed by atoms with Crippen molar-refractivity contribution in [2.45, 2.75) is 32.9 Å². The lowest BCUT2D eigenvalue weighted by atomic mass is 10.0. The fraction of sp³-hybridized carbons (Fsp3) is 0.400. The molecule has 1 N–H and O–H groups in total. The number of benzene rings is 1. The van der Waals surface area contributed by atoms with Gasteiger partial charge in [-0.2, -0.15) is 5.10 Å². The minimum atomic E-state index is -0.237. The number of nitrogens with zero attached hydrogens (tertiary/aromatic N) is 2. The van der Waals surface area contributed by atoms with E-state index in [0.717, 1.165) is 34.1 Å². The molecule has 0 saturated carbocycles. The molecule has 0 aliphatic heterocycles. The van der Waals surface area contributed by atoms with Crippen LogP contribution in [0.5, 0.6) is 0 Å². The molecule has 0 radical (unpaired) electrons. The summed E-state index contributed by atoms with van der Waals surface area (Å²) >= 11 is 6.95. The van der Waals surface area contributed by atoms with Crippen molar-refractivity contribution in [1.29, 1.82) is 0 Å². The van der Waals surface area contributed by atoms with Gasteiger partial charge in [0.05, 0.1) is 22.4 Å². The molecule has 0 fully saturated rings. The largest absolute Gasteiger partial charge is 0.305 e. The first-order chi connectivity index (χ1) is 10.1. The van der Waals surface area contributed by atoms with Gasteiger partial charge in [-0.15, -0.1) is 0 Å². The number of nitrogens with one attached hydrogen (secondary N) is 1. The van der Waals surface area contributed by atoms with Crippen LogP contribution in [-0.4, -0.2) is 16.3 Å². The Labute approximate surface area is 141 Å². The Bertz CT molecular complexity index is 613. The second-order valence-corrected chi connectivity index (χ2v) is 6.52. The van der Waals surface area contributed by atoms with Crippen molar-refractivity contribution in [3.8, 4) is 0 Å². The van der Waals surface area contributed by atoms with Crippen LogP contribution in [0.3, 0.4) is 0 Å². The molecule has 1 aromatic heterocycles. The first kappa shape index (κ1) is 16.6. The zero-order valence-corrected chi connectivity index (χ0v) is 15.2. The van der Waals surface area contributed by atoms with E-state index in [1.165, 1.54) is 6.07 Å². The standard InChI is InChI=1S/C15H18Br2FN3/c1-3-7-19-14(11-8-10(16)5-6-13(11)18)15-12(17)9-20-21(15)4-2/h5-6,8-9,14,19H,3-4,7H2,1-2H3. The molecule has 1 atom stereocenters. The number of hydrogen-bond acceptors (Lipinski definition) is 2. The van der Waals surface area contributed by atoms with E-state index in [9.17, 15) is 4.39 Å². The van der Waals surface area contributed by atoms with E-state index in [-0.39, 0.29) is 11.9 Å². The van der Waals surface area contributed by atoms with Crippen molar-refractivity contribution in [2.24, 2.45) is 0 Å². The first-order valence-corrected chi connectivity index (χ1v) is 8.56. The summed E-state index contributed by atoms with van der Waals surface area (Å²) in [6.45, 7) is 5.66. The first-order valence-electron chi connectivity index (χ1n) is 6.98. The molecular formula is C15H18Br2FN3. The third-order valence-electron chi connectivity index (χ3n) is 3.27. The molecule has 0 bridgehead atoms. The van der Waals surface area contributed by atoms with Crippen LogP contribution in [0.1, 0.15) is 37.6 Å². The van der Waals surface area contributed by atoms with E-state index in [1.54, 1.807) is 12.3 Å². The summed E-state index contributed by atoms with van der Waals surface area (Å²) in [5, 5.41) is 7.76. The number of hydrogen-bond donors (Lipinski definition) is 1. The van der Waals surface area contributed by atoms with Crippen LogP contribution >= 0.6 is 31.9 Å². The van der Waals surface area contributed by atoms with Crippen molar-refractivity contribution in [3.63, 3.8) is 0 Å². The van der Waals surface area contributed by atoms with Crippen LogP contribution in [0, 0.1) is 5.82 Å². The summed E-state index contributed by atoms with van der Waals surface area (Å²) in [6.07, 6.45) is 2.74. The molecule has 0 aliphatic rings. The number of aryl methyl sites for hydroxylation is 1. The Morgan fingerprint density at radius 3 is 2.76 bits per heavy atom. The highest BCUT2D eigenvalue weighted by atomic mass is 79.9. The van der Waals surface area contributed by atoms with E-state index in [2.05, 4.69) is 49.2 Å². The maximum Gasteiger partial charge on any atom is 0.128 e. The second-order valence-electron chi connectivity index (χ2n) is 4.75. The zero-order chi connectivity index (χ0) is 15.4. The molecular weight excluding hydrogens is 401 g/mol. The molecule has 1 aromatic carbocycles. The highest BCUT2D eigenvalue weighted by Crippen LogP contribution is 2.31. The van der Waals surface area contributed by atoms with Crippen LogP contribution in [0.25, 0.3) is 0 Å². The fourth-order valence-corrected chi connectivity index (χ4v) is 3.19. The van der Waals surface area contributed by atoms with E-state index in [4.69, 9.17) is 0 Å². The lowest BCUT2D eigenvalue weighted by Crippen LogP contribution is -2.27. The maximum absolute atomic E-state index is 14.3. The molecule has 2 aromatic rings. The Balaban J connectivity index is 2.52. The summed E-state index contributed by atoms with van der Waals surface area (Å²) in [5.41, 5.74) is 1.57. The summed E-state index contributed by atoms with van der Waals surface area (Å²) in [5.74, 6) is -0.220. The molecule has 1 heterocycles. The Morgan fingerprint density at radius 1 is 1.33 bits per heavy atom. The number of halogens is 3. The molecule has 3 nitrogen and oxygen atoms in total. The molecule has 0 amide bonds. The van der Waals surface area contributed by atoms with Crippen LogP contribution in [0.15, 0.2) is 33.3 Å². The molecule has 21 heavy (non-hydrogen) atoms. The van der Waals surface area contributed by atoms with Gasteiger partial charge in [-0.3, -0.25) is 4.68 Å². The van der Waals surface area contributed by atoms with Crippen LogP contribution in [-0.2, 0) is 6.54 Å². The second kappa shape index (κ2) is 7.51. The normalized spacial score (nSPS) is 12.6. The third-order valence-corrected chi connectivity index (χ3v) is 4.38. The third kappa shape index (κ3) is 3.73. The molecule has 1 unspecified atom stereocenters. The lowest BCUT2D eigenvalue weighted by Gasteiger charge is -2.21. The number of aromatic nitrogens is 2. The van der Waals surface area contributed by atoms with Gasteiger partial charge in [0.25, 0.3) is 0 Å². The lowest BCUT2D eigenvalue weighted by molar-refractivity contribution is 0.504. The topological polar surface area (TPSA) is 29.9 Å². The van der Waals surface area contributed by atoms with Gasteiger partial charge >= 0.3 is 0 Å². The minimum absolute atomic E-state index is 0.220. The average Bonchev–Trinajstić information content (AvgIpc) is 2.84. The summed E-state index contributed by atoms with van der Waals surface area (Å²) in [6, 6.07) is 4.78. The van der Waals surface area contributed by atoms with E-state index < -0.39 is 0 Å². The molecule has 114 valence electrons. The Morgan fingerprint density at radius 2 is 2.10 bits per heavy atom. The highest BCUT2D eigenvalue weighted by molar-refractivity contribution is 9.10. The quantitative estimate of drug-likeness (QED) is 0.739. The Kier molecular flexibility index (Phi) is 5.96. The molecule has 0 saturated heterocycles. The average molecular weight is 419 g/mol. The van der Waals surface area contributed by atoms with Crippen molar-refractivity contribution in [1.82, 2.24) is 15.1 Å². The van der Waals surface area contributed by atoms with E-state index in [0.29, 0.717) is 5.56 Å². The van der Waals surface area contributed by atoms with Gasteiger partial charge in [-0.05, 0) is 54.0 Å². The predicted molar refractivity (Wildman–Crippen MR) is 89.8 cm³/mol. The number of rotatable bonds is 6. The van der Waals surface area contributed by atoms with Crippen molar-refractivity contribution in [3.05, 3.63) is 50.4 Å². The van der Waals surface area contributed by atoms with Gasteiger partial charge in [0, 0.05) is 16.6 Å². The molecule has 0 aliphatic carbocycles. The van der Waals surface area contributed by atoms with Gasteiger partial charge in [0.2, 0.25) is 0 Å². The summed E-state index contributed by atoms with van der Waals surface area (Å²) in [4.78, 5) is 0. The SMILES string of the molecule is CCCNC(c1cc(Br)ccc1F)c1c(Br)cnn1CC.